The molecule has 8 heteroatoms. The number of hydrogen-bond acceptors (Lipinski definition) is 7. The number of imidazole rings is 1. The predicted octanol–water partition coefficient (Wildman–Crippen LogP) is 2.48. The van der Waals surface area contributed by atoms with Gasteiger partial charge in [-0.1, -0.05) is 6.92 Å². The van der Waals surface area contributed by atoms with Crippen LogP contribution >= 0.6 is 0 Å². The normalized spacial score (nSPS) is 26.1. The molecule has 1 saturated carbocycles. The van der Waals surface area contributed by atoms with Crippen LogP contribution < -0.4 is 4.74 Å². The lowest BCUT2D eigenvalue weighted by Gasteiger charge is -2.22. The molecule has 0 radical (unpaired) electrons. The first kappa shape index (κ1) is 18.7. The van der Waals surface area contributed by atoms with Crippen LogP contribution in [0.25, 0.3) is 16.7 Å². The number of allylic oxidation sites excluding steroid dienone is 1. The number of hydrogen-bond donors (Lipinski definition) is 1. The van der Waals surface area contributed by atoms with Crippen LogP contribution in [0.1, 0.15) is 45.4 Å². The molecule has 1 saturated heterocycles. The fourth-order valence-corrected chi connectivity index (χ4v) is 4.37. The summed E-state index contributed by atoms with van der Waals surface area (Å²) in [6, 6.07) is 0. The van der Waals surface area contributed by atoms with Gasteiger partial charge in [0.05, 0.1) is 0 Å². The van der Waals surface area contributed by atoms with E-state index in [0.717, 1.165) is 62.4 Å². The summed E-state index contributed by atoms with van der Waals surface area (Å²) < 4.78 is 8.37. The number of aliphatic hydroxyl groups is 1. The monoisotopic (exact) mass is 396 g/mol. The van der Waals surface area contributed by atoms with Gasteiger partial charge < -0.3 is 14.4 Å². The standard InChI is InChI=1S/C21H28N6O2/c1-3-27-18(15-8-13(2)9-22-10-15)25-17-19(27)23-12-24-20(17)29-16-6-7-26(11-16)21(28)14-4-5-14/h9-10,12-14,16,21,28H,3-8,11H2,1-2H3. The molecule has 8 nitrogen and oxygen atoms in total. The molecule has 2 fully saturated rings. The quantitative estimate of drug-likeness (QED) is 0.807. The molecule has 4 heterocycles. The summed E-state index contributed by atoms with van der Waals surface area (Å²) >= 11 is 0. The number of rotatable bonds is 6. The topological polar surface area (TPSA) is 88.7 Å². The van der Waals surface area contributed by atoms with Gasteiger partial charge in [0.15, 0.2) is 11.2 Å². The van der Waals surface area contributed by atoms with E-state index in [2.05, 4.69) is 38.3 Å². The lowest BCUT2D eigenvalue weighted by atomic mass is 10.0. The molecule has 2 aliphatic heterocycles. The van der Waals surface area contributed by atoms with Crippen LogP contribution in [-0.2, 0) is 6.54 Å². The number of fused-ring (bicyclic) bond motifs is 1. The van der Waals surface area contributed by atoms with Gasteiger partial charge >= 0.3 is 0 Å². The Labute approximate surface area is 170 Å². The Balaban J connectivity index is 1.41. The van der Waals surface area contributed by atoms with Gasteiger partial charge in [0, 0.05) is 37.6 Å². The molecule has 0 amide bonds. The molecule has 0 aromatic carbocycles. The van der Waals surface area contributed by atoms with Crippen LogP contribution in [0.3, 0.4) is 0 Å². The number of aromatic nitrogens is 4. The van der Waals surface area contributed by atoms with Crippen molar-refractivity contribution < 1.29 is 9.84 Å². The molecule has 3 aliphatic rings. The van der Waals surface area contributed by atoms with Crippen LogP contribution in [-0.4, -0.2) is 61.2 Å². The van der Waals surface area contributed by atoms with Crippen molar-refractivity contribution in [2.24, 2.45) is 16.8 Å². The Morgan fingerprint density at radius 1 is 1.28 bits per heavy atom. The molecule has 154 valence electrons. The van der Waals surface area contributed by atoms with Crippen LogP contribution in [0, 0.1) is 11.8 Å². The molecular weight excluding hydrogens is 368 g/mol. The Morgan fingerprint density at radius 3 is 2.90 bits per heavy atom. The number of likely N-dealkylation sites (tertiary alicyclic amines) is 1. The van der Waals surface area contributed by atoms with E-state index in [0.29, 0.717) is 23.2 Å². The summed E-state index contributed by atoms with van der Waals surface area (Å²) in [5.74, 6) is 2.26. The van der Waals surface area contributed by atoms with E-state index in [9.17, 15) is 5.11 Å². The fourth-order valence-electron chi connectivity index (χ4n) is 4.37. The third kappa shape index (κ3) is 3.55. The van der Waals surface area contributed by atoms with Gasteiger partial charge in [-0.25, -0.2) is 9.97 Å². The van der Waals surface area contributed by atoms with Gasteiger partial charge in [0.25, 0.3) is 0 Å². The van der Waals surface area contributed by atoms with Gasteiger partial charge in [0.1, 0.15) is 24.5 Å². The third-order valence-electron chi connectivity index (χ3n) is 6.09. The molecule has 1 aliphatic carbocycles. The van der Waals surface area contributed by atoms with Crippen molar-refractivity contribution in [2.75, 3.05) is 13.1 Å². The van der Waals surface area contributed by atoms with Crippen molar-refractivity contribution in [3.8, 4) is 5.88 Å². The summed E-state index contributed by atoms with van der Waals surface area (Å²) in [6.07, 6.45) is 9.15. The first-order valence-corrected chi connectivity index (χ1v) is 10.7. The summed E-state index contributed by atoms with van der Waals surface area (Å²) in [4.78, 5) is 20.3. The molecule has 3 atom stereocenters. The zero-order chi connectivity index (χ0) is 20.0. The number of aliphatic hydroxyl groups excluding tert-OH is 1. The van der Waals surface area contributed by atoms with E-state index in [-0.39, 0.29) is 12.3 Å². The smallest absolute Gasteiger partial charge is 0.245 e. The second kappa shape index (κ2) is 7.50. The highest BCUT2D eigenvalue weighted by Gasteiger charge is 2.38. The molecule has 29 heavy (non-hydrogen) atoms. The van der Waals surface area contributed by atoms with E-state index < -0.39 is 0 Å². The van der Waals surface area contributed by atoms with E-state index in [1.807, 2.05) is 12.4 Å². The van der Waals surface area contributed by atoms with Crippen LogP contribution in [0.4, 0.5) is 0 Å². The molecule has 0 spiro atoms. The summed E-state index contributed by atoms with van der Waals surface area (Å²) in [5.41, 5.74) is 2.61. The number of nitrogens with zero attached hydrogens (tertiary/aromatic N) is 6. The first-order chi connectivity index (χ1) is 14.1. The Morgan fingerprint density at radius 2 is 2.14 bits per heavy atom. The van der Waals surface area contributed by atoms with Gasteiger partial charge in [-0.2, -0.15) is 4.98 Å². The Kier molecular flexibility index (Phi) is 4.83. The Bertz CT molecular complexity index is 963. The summed E-state index contributed by atoms with van der Waals surface area (Å²) in [7, 11) is 0. The third-order valence-corrected chi connectivity index (χ3v) is 6.09. The summed E-state index contributed by atoms with van der Waals surface area (Å²) in [5, 5.41) is 10.4. The molecule has 5 rings (SSSR count). The number of aliphatic imine (C=N–C) groups is 1. The lowest BCUT2D eigenvalue weighted by Crippen LogP contribution is -2.36. The lowest BCUT2D eigenvalue weighted by molar-refractivity contribution is -0.00323. The van der Waals surface area contributed by atoms with Gasteiger partial charge in [-0.3, -0.25) is 9.89 Å². The van der Waals surface area contributed by atoms with Crippen molar-refractivity contribution >= 4 is 23.0 Å². The van der Waals surface area contributed by atoms with Gasteiger partial charge in [0.2, 0.25) is 5.88 Å². The molecule has 3 unspecified atom stereocenters. The van der Waals surface area contributed by atoms with E-state index in [1.165, 1.54) is 0 Å². The van der Waals surface area contributed by atoms with Crippen molar-refractivity contribution in [2.45, 2.75) is 58.4 Å². The van der Waals surface area contributed by atoms with Gasteiger partial charge in [-0.05, 0) is 44.4 Å². The van der Waals surface area contributed by atoms with Crippen LogP contribution in [0.5, 0.6) is 5.88 Å². The average Bonchev–Trinajstić information content (AvgIpc) is 3.35. The highest BCUT2D eigenvalue weighted by Crippen LogP contribution is 2.36. The molecule has 2 aromatic rings. The van der Waals surface area contributed by atoms with E-state index >= 15 is 0 Å². The minimum Gasteiger partial charge on any atom is -0.471 e. The van der Waals surface area contributed by atoms with E-state index in [4.69, 9.17) is 9.72 Å². The Hall–Kier alpha value is -2.32. The van der Waals surface area contributed by atoms with Crippen molar-refractivity contribution in [1.29, 1.82) is 0 Å². The molecular formula is C21H28N6O2. The number of ether oxygens (including phenoxy) is 1. The average molecular weight is 396 g/mol. The van der Waals surface area contributed by atoms with Gasteiger partial charge in [-0.15, -0.1) is 0 Å². The van der Waals surface area contributed by atoms with Crippen molar-refractivity contribution in [3.05, 3.63) is 18.4 Å². The maximum absolute atomic E-state index is 10.4. The second-order valence-corrected chi connectivity index (χ2v) is 8.44. The summed E-state index contributed by atoms with van der Waals surface area (Å²) in [6.45, 7) is 6.60. The number of aryl methyl sites for hydroxylation is 1. The largest absolute Gasteiger partial charge is 0.471 e. The van der Waals surface area contributed by atoms with Crippen LogP contribution in [0.2, 0.25) is 0 Å². The second-order valence-electron chi connectivity index (χ2n) is 8.44. The molecule has 0 bridgehead atoms. The predicted molar refractivity (Wildman–Crippen MR) is 111 cm³/mol. The first-order valence-electron chi connectivity index (χ1n) is 10.7. The van der Waals surface area contributed by atoms with Crippen molar-refractivity contribution in [1.82, 2.24) is 24.4 Å². The van der Waals surface area contributed by atoms with E-state index in [1.54, 1.807) is 6.33 Å². The zero-order valence-corrected chi connectivity index (χ0v) is 17.0. The highest BCUT2D eigenvalue weighted by atomic mass is 16.5. The fraction of sp³-hybridized carbons (Fsp3) is 0.619. The van der Waals surface area contributed by atoms with Crippen molar-refractivity contribution in [3.63, 3.8) is 0 Å². The van der Waals surface area contributed by atoms with Crippen LogP contribution in [0.15, 0.2) is 17.5 Å². The zero-order valence-electron chi connectivity index (χ0n) is 17.0. The minimum absolute atomic E-state index is 0.00949. The highest BCUT2D eigenvalue weighted by molar-refractivity contribution is 5.82. The molecule has 2 aromatic heterocycles. The minimum atomic E-state index is -0.333. The SMILES string of the molecule is CCn1c(C2=CN=CC(C)C2)nc2c(OC3CCN(C(O)C4CC4)C3)ncnc21. The molecule has 1 N–H and O–H groups in total. The maximum atomic E-state index is 10.4. The maximum Gasteiger partial charge on any atom is 0.245 e.